The quantitative estimate of drug-likeness (QED) is 0.545. The minimum atomic E-state index is -0.473. The topological polar surface area (TPSA) is 69.7 Å². The summed E-state index contributed by atoms with van der Waals surface area (Å²) in [6.07, 6.45) is 1.65. The number of halogens is 2. The summed E-state index contributed by atoms with van der Waals surface area (Å²) in [5.41, 5.74) is 2.37. The normalized spacial score (nSPS) is 15.2. The van der Waals surface area contributed by atoms with Gasteiger partial charge in [-0.25, -0.2) is 0 Å². The monoisotopic (exact) mass is 537 g/mol. The molecule has 0 atom stereocenters. The summed E-state index contributed by atoms with van der Waals surface area (Å²) in [5.74, 6) is -0.910. The van der Waals surface area contributed by atoms with Crippen molar-refractivity contribution in [2.24, 2.45) is 0 Å². The first kappa shape index (κ1) is 21.6. The van der Waals surface area contributed by atoms with Crippen LogP contribution in [0.4, 0.5) is 16.2 Å². The fourth-order valence-electron chi connectivity index (χ4n) is 2.64. The Balaban J connectivity index is 1.70. The van der Waals surface area contributed by atoms with Gasteiger partial charge in [-0.15, -0.1) is 0 Å². The van der Waals surface area contributed by atoms with E-state index in [1.807, 2.05) is 37.2 Å². The SMILES string of the molecule is CN(C)c1ccc(/C=C2\SC(=O)N(CC(=O)Nc3ccc(Br)cc3)C2=O)cc1Br. The third-order valence-electron chi connectivity index (χ3n) is 4.05. The zero-order valence-electron chi connectivity index (χ0n) is 15.6. The van der Waals surface area contributed by atoms with Crippen LogP contribution >= 0.6 is 43.6 Å². The van der Waals surface area contributed by atoms with Gasteiger partial charge >= 0.3 is 0 Å². The lowest BCUT2D eigenvalue weighted by Crippen LogP contribution is -2.36. The van der Waals surface area contributed by atoms with Crippen molar-refractivity contribution in [1.82, 2.24) is 4.90 Å². The summed E-state index contributed by atoms with van der Waals surface area (Å²) in [4.78, 5) is 40.3. The molecule has 1 aliphatic heterocycles. The maximum atomic E-state index is 12.6. The zero-order valence-corrected chi connectivity index (χ0v) is 19.6. The number of amides is 3. The predicted octanol–water partition coefficient (Wildman–Crippen LogP) is 4.95. The van der Waals surface area contributed by atoms with Gasteiger partial charge in [0.1, 0.15) is 6.54 Å². The lowest BCUT2D eigenvalue weighted by molar-refractivity contribution is -0.127. The van der Waals surface area contributed by atoms with Crippen LogP contribution < -0.4 is 10.2 Å². The second-order valence-corrected chi connectivity index (χ2v) is 9.19. The number of rotatable bonds is 5. The van der Waals surface area contributed by atoms with Crippen LogP contribution in [0.5, 0.6) is 0 Å². The van der Waals surface area contributed by atoms with Crippen molar-refractivity contribution >= 4 is 78.1 Å². The van der Waals surface area contributed by atoms with Crippen LogP contribution in [-0.2, 0) is 9.59 Å². The standard InChI is InChI=1S/C20H17Br2N3O3S/c1-24(2)16-8-3-12(9-15(16)22)10-17-19(27)25(20(28)29-17)11-18(26)23-14-6-4-13(21)5-7-14/h3-10H,11H2,1-2H3,(H,23,26)/b17-10-. The Bertz CT molecular complexity index is 1010. The number of benzene rings is 2. The van der Waals surface area contributed by atoms with E-state index in [2.05, 4.69) is 37.2 Å². The second-order valence-electron chi connectivity index (χ2n) is 6.43. The fraction of sp³-hybridized carbons (Fsp3) is 0.150. The Labute approximate surface area is 189 Å². The van der Waals surface area contributed by atoms with Gasteiger partial charge in [0.15, 0.2) is 0 Å². The second kappa shape index (κ2) is 9.15. The lowest BCUT2D eigenvalue weighted by atomic mass is 10.2. The molecular weight excluding hydrogens is 522 g/mol. The molecule has 1 saturated heterocycles. The molecule has 0 saturated carbocycles. The van der Waals surface area contributed by atoms with Crippen molar-refractivity contribution in [1.29, 1.82) is 0 Å². The van der Waals surface area contributed by atoms with E-state index >= 15 is 0 Å². The van der Waals surface area contributed by atoms with E-state index in [4.69, 9.17) is 0 Å². The van der Waals surface area contributed by atoms with E-state index in [1.165, 1.54) is 0 Å². The Kier molecular flexibility index (Phi) is 6.81. The molecule has 2 aromatic rings. The fourth-order valence-corrected chi connectivity index (χ4v) is 4.49. The van der Waals surface area contributed by atoms with Crippen LogP contribution in [0, 0.1) is 0 Å². The van der Waals surface area contributed by atoms with Crippen LogP contribution in [0.3, 0.4) is 0 Å². The van der Waals surface area contributed by atoms with Crippen molar-refractivity contribution in [3.63, 3.8) is 0 Å². The number of hydrogen-bond donors (Lipinski definition) is 1. The summed E-state index contributed by atoms with van der Waals surface area (Å²) in [5, 5.41) is 2.22. The van der Waals surface area contributed by atoms with Gasteiger partial charge in [0.05, 0.1) is 10.6 Å². The van der Waals surface area contributed by atoms with Gasteiger partial charge in [-0.3, -0.25) is 19.3 Å². The summed E-state index contributed by atoms with van der Waals surface area (Å²) in [6.45, 7) is -0.332. The van der Waals surface area contributed by atoms with Gasteiger partial charge in [0.2, 0.25) is 5.91 Å². The Hall–Kier alpha value is -2.10. The molecule has 1 heterocycles. The first-order valence-corrected chi connectivity index (χ1v) is 10.9. The molecule has 3 amide bonds. The molecule has 9 heteroatoms. The van der Waals surface area contributed by atoms with E-state index in [9.17, 15) is 14.4 Å². The smallest absolute Gasteiger partial charge is 0.294 e. The first-order chi connectivity index (χ1) is 13.7. The molecule has 3 rings (SSSR count). The maximum absolute atomic E-state index is 12.6. The van der Waals surface area contributed by atoms with Crippen molar-refractivity contribution < 1.29 is 14.4 Å². The van der Waals surface area contributed by atoms with E-state index in [0.29, 0.717) is 5.69 Å². The average molecular weight is 539 g/mol. The van der Waals surface area contributed by atoms with Crippen molar-refractivity contribution in [3.05, 3.63) is 61.9 Å². The third-order valence-corrected chi connectivity index (χ3v) is 6.13. The van der Waals surface area contributed by atoms with E-state index in [-0.39, 0.29) is 11.4 Å². The molecular formula is C20H17Br2N3O3S. The van der Waals surface area contributed by atoms with Gasteiger partial charge in [0.25, 0.3) is 11.1 Å². The highest BCUT2D eigenvalue weighted by Gasteiger charge is 2.36. The molecule has 1 fully saturated rings. The van der Waals surface area contributed by atoms with Crippen LogP contribution in [0.2, 0.25) is 0 Å². The molecule has 2 aromatic carbocycles. The number of thioether (sulfide) groups is 1. The minimum Gasteiger partial charge on any atom is -0.377 e. The molecule has 0 unspecified atom stereocenters. The summed E-state index contributed by atoms with van der Waals surface area (Å²) in [7, 11) is 3.87. The van der Waals surface area contributed by atoms with E-state index in [1.54, 1.807) is 30.3 Å². The number of carbonyl (C=O) groups excluding carboxylic acids is 3. The maximum Gasteiger partial charge on any atom is 0.294 e. The van der Waals surface area contributed by atoms with Crippen LogP contribution in [0.1, 0.15) is 5.56 Å². The molecule has 0 aromatic heterocycles. The highest BCUT2D eigenvalue weighted by Crippen LogP contribution is 2.33. The van der Waals surface area contributed by atoms with E-state index < -0.39 is 17.1 Å². The zero-order chi connectivity index (χ0) is 21.1. The molecule has 29 heavy (non-hydrogen) atoms. The number of nitrogens with zero attached hydrogens (tertiary/aromatic N) is 2. The lowest BCUT2D eigenvalue weighted by Gasteiger charge is -2.14. The van der Waals surface area contributed by atoms with Gasteiger partial charge in [-0.1, -0.05) is 22.0 Å². The third kappa shape index (κ3) is 5.29. The van der Waals surface area contributed by atoms with Crippen molar-refractivity contribution in [2.75, 3.05) is 30.9 Å². The van der Waals surface area contributed by atoms with Gasteiger partial charge in [0, 0.05) is 28.7 Å². The molecule has 0 radical (unpaired) electrons. The molecule has 0 aliphatic carbocycles. The molecule has 6 nitrogen and oxygen atoms in total. The summed E-state index contributed by atoms with van der Waals surface area (Å²) >= 11 is 7.66. The number of carbonyl (C=O) groups is 3. The predicted molar refractivity (Wildman–Crippen MR) is 124 cm³/mol. The summed E-state index contributed by atoms with van der Waals surface area (Å²) in [6, 6.07) is 12.7. The van der Waals surface area contributed by atoms with Crippen molar-refractivity contribution in [3.8, 4) is 0 Å². The van der Waals surface area contributed by atoms with E-state index in [0.717, 1.165) is 36.9 Å². The minimum absolute atomic E-state index is 0.288. The first-order valence-electron chi connectivity index (χ1n) is 8.52. The largest absolute Gasteiger partial charge is 0.377 e. The highest BCUT2D eigenvalue weighted by molar-refractivity contribution is 9.10. The number of nitrogens with one attached hydrogen (secondary N) is 1. The van der Waals surface area contributed by atoms with Gasteiger partial charge < -0.3 is 10.2 Å². The Morgan fingerprint density at radius 2 is 1.83 bits per heavy atom. The highest BCUT2D eigenvalue weighted by atomic mass is 79.9. The average Bonchev–Trinajstić information content (AvgIpc) is 2.91. The number of hydrogen-bond acceptors (Lipinski definition) is 5. The summed E-state index contributed by atoms with van der Waals surface area (Å²) < 4.78 is 1.76. The molecule has 150 valence electrons. The van der Waals surface area contributed by atoms with Crippen molar-refractivity contribution in [2.45, 2.75) is 0 Å². The van der Waals surface area contributed by atoms with Crippen LogP contribution in [0.15, 0.2) is 56.3 Å². The Morgan fingerprint density at radius 3 is 2.45 bits per heavy atom. The molecule has 1 aliphatic rings. The Morgan fingerprint density at radius 1 is 1.14 bits per heavy atom. The van der Waals surface area contributed by atoms with Crippen LogP contribution in [-0.4, -0.2) is 42.6 Å². The van der Waals surface area contributed by atoms with Crippen LogP contribution in [0.25, 0.3) is 6.08 Å². The number of anilines is 2. The molecule has 1 N–H and O–H groups in total. The van der Waals surface area contributed by atoms with Gasteiger partial charge in [-0.2, -0.15) is 0 Å². The molecule has 0 bridgehead atoms. The number of imide groups is 1. The molecule has 0 spiro atoms. The van der Waals surface area contributed by atoms with Gasteiger partial charge in [-0.05, 0) is 75.7 Å².